The molecule has 2 aromatic rings. The van der Waals surface area contributed by atoms with Crippen LogP contribution in [0.2, 0.25) is 0 Å². The Hall–Kier alpha value is -3.33. The highest BCUT2D eigenvalue weighted by atomic mass is 16.5. The maximum atomic E-state index is 13.1. The van der Waals surface area contributed by atoms with Crippen LogP contribution in [0.15, 0.2) is 42.6 Å². The van der Waals surface area contributed by atoms with Crippen LogP contribution < -0.4 is 20.3 Å². The van der Waals surface area contributed by atoms with Crippen molar-refractivity contribution in [2.45, 2.75) is 38.5 Å². The van der Waals surface area contributed by atoms with Crippen molar-refractivity contribution < 1.29 is 14.3 Å². The SMILES string of the molecule is O=C(Nc1ccc(N2CCNCC2)nc1)N1CCN(C(=O)c2cccc(OCCC3CCCCC3)c2)CC1. The third-order valence-corrected chi connectivity index (χ3v) is 7.89. The van der Waals surface area contributed by atoms with Crippen LogP contribution in [0.1, 0.15) is 48.9 Å². The number of benzene rings is 1. The Morgan fingerprint density at radius 3 is 2.45 bits per heavy atom. The monoisotopic (exact) mass is 520 g/mol. The fourth-order valence-corrected chi connectivity index (χ4v) is 5.58. The molecule has 0 bridgehead atoms. The number of nitrogens with one attached hydrogen (secondary N) is 2. The van der Waals surface area contributed by atoms with Gasteiger partial charge in [-0.3, -0.25) is 4.79 Å². The zero-order valence-corrected chi connectivity index (χ0v) is 22.2. The van der Waals surface area contributed by atoms with Gasteiger partial charge in [0.2, 0.25) is 0 Å². The van der Waals surface area contributed by atoms with Gasteiger partial charge in [0, 0.05) is 57.9 Å². The van der Waals surface area contributed by atoms with Gasteiger partial charge in [-0.15, -0.1) is 0 Å². The van der Waals surface area contributed by atoms with E-state index in [1.165, 1.54) is 32.1 Å². The lowest BCUT2D eigenvalue weighted by Gasteiger charge is -2.34. The van der Waals surface area contributed by atoms with E-state index in [0.717, 1.165) is 50.1 Å². The summed E-state index contributed by atoms with van der Waals surface area (Å²) in [6.45, 7) is 6.44. The van der Waals surface area contributed by atoms with Crippen molar-refractivity contribution >= 4 is 23.4 Å². The van der Waals surface area contributed by atoms with E-state index in [0.29, 0.717) is 44.0 Å². The van der Waals surface area contributed by atoms with Gasteiger partial charge in [0.05, 0.1) is 18.5 Å². The fourth-order valence-electron chi connectivity index (χ4n) is 5.58. The van der Waals surface area contributed by atoms with E-state index < -0.39 is 0 Å². The van der Waals surface area contributed by atoms with Crippen molar-refractivity contribution in [2.75, 3.05) is 69.2 Å². The first-order chi connectivity index (χ1) is 18.7. The molecule has 9 heteroatoms. The number of amides is 3. The second-order valence-corrected chi connectivity index (χ2v) is 10.5. The third-order valence-electron chi connectivity index (χ3n) is 7.89. The smallest absolute Gasteiger partial charge is 0.322 e. The van der Waals surface area contributed by atoms with Gasteiger partial charge in [-0.05, 0) is 42.7 Å². The average Bonchev–Trinajstić information content (AvgIpc) is 2.98. The van der Waals surface area contributed by atoms with Gasteiger partial charge in [0.1, 0.15) is 11.6 Å². The summed E-state index contributed by atoms with van der Waals surface area (Å²) >= 11 is 0. The van der Waals surface area contributed by atoms with Crippen LogP contribution in [0, 0.1) is 5.92 Å². The van der Waals surface area contributed by atoms with Crippen LogP contribution >= 0.6 is 0 Å². The number of carbonyl (C=O) groups is 2. The van der Waals surface area contributed by atoms with Crippen molar-refractivity contribution in [2.24, 2.45) is 5.92 Å². The Labute approximate surface area is 225 Å². The molecule has 5 rings (SSSR count). The molecule has 1 aromatic carbocycles. The quantitative estimate of drug-likeness (QED) is 0.577. The predicted octanol–water partition coefficient (Wildman–Crippen LogP) is 3.83. The van der Waals surface area contributed by atoms with Crippen LogP contribution in [-0.4, -0.2) is 85.7 Å². The molecule has 0 unspecified atom stereocenters. The first-order valence-electron chi connectivity index (χ1n) is 14.2. The summed E-state index contributed by atoms with van der Waals surface area (Å²) in [5, 5.41) is 6.28. The molecular weight excluding hydrogens is 480 g/mol. The summed E-state index contributed by atoms with van der Waals surface area (Å²) < 4.78 is 5.99. The molecule has 204 valence electrons. The minimum atomic E-state index is -0.165. The summed E-state index contributed by atoms with van der Waals surface area (Å²) in [7, 11) is 0. The van der Waals surface area contributed by atoms with Crippen molar-refractivity contribution in [3.63, 3.8) is 0 Å². The van der Waals surface area contributed by atoms with Crippen LogP contribution in [0.5, 0.6) is 5.75 Å². The first kappa shape index (κ1) is 26.3. The van der Waals surface area contributed by atoms with E-state index in [9.17, 15) is 9.59 Å². The summed E-state index contributed by atoms with van der Waals surface area (Å²) in [6, 6.07) is 11.2. The molecule has 0 radical (unpaired) electrons. The van der Waals surface area contributed by atoms with Crippen molar-refractivity contribution in [3.05, 3.63) is 48.2 Å². The molecule has 2 N–H and O–H groups in total. The Balaban J connectivity index is 1.07. The number of rotatable bonds is 7. The number of pyridine rings is 1. The molecule has 1 aromatic heterocycles. The second kappa shape index (κ2) is 13.0. The summed E-state index contributed by atoms with van der Waals surface area (Å²) in [4.78, 5) is 36.3. The molecule has 3 fully saturated rings. The lowest BCUT2D eigenvalue weighted by atomic mass is 9.87. The van der Waals surface area contributed by atoms with Gasteiger partial charge in [-0.2, -0.15) is 0 Å². The van der Waals surface area contributed by atoms with Crippen molar-refractivity contribution in [1.82, 2.24) is 20.1 Å². The number of hydrogen-bond acceptors (Lipinski definition) is 6. The van der Waals surface area contributed by atoms with Gasteiger partial charge >= 0.3 is 6.03 Å². The molecule has 9 nitrogen and oxygen atoms in total. The lowest BCUT2D eigenvalue weighted by molar-refractivity contribution is 0.0671. The van der Waals surface area contributed by atoms with Gasteiger partial charge in [-0.25, -0.2) is 9.78 Å². The second-order valence-electron chi connectivity index (χ2n) is 10.5. The normalized spacial score (nSPS) is 18.8. The van der Waals surface area contributed by atoms with Gasteiger partial charge < -0.3 is 30.1 Å². The van der Waals surface area contributed by atoms with E-state index >= 15 is 0 Å². The maximum absolute atomic E-state index is 13.1. The minimum Gasteiger partial charge on any atom is -0.494 e. The van der Waals surface area contributed by atoms with E-state index in [1.54, 1.807) is 11.1 Å². The van der Waals surface area contributed by atoms with Crippen LogP contribution in [0.4, 0.5) is 16.3 Å². The third kappa shape index (κ3) is 6.95. The van der Waals surface area contributed by atoms with E-state index in [1.807, 2.05) is 41.3 Å². The number of urea groups is 1. The number of aromatic nitrogens is 1. The van der Waals surface area contributed by atoms with Gasteiger partial charge in [-0.1, -0.05) is 38.2 Å². The van der Waals surface area contributed by atoms with Crippen LogP contribution in [0.3, 0.4) is 0 Å². The zero-order chi connectivity index (χ0) is 26.2. The van der Waals surface area contributed by atoms with E-state index in [2.05, 4.69) is 20.5 Å². The Kier molecular flexibility index (Phi) is 8.96. The predicted molar refractivity (Wildman–Crippen MR) is 149 cm³/mol. The highest BCUT2D eigenvalue weighted by molar-refractivity contribution is 5.95. The highest BCUT2D eigenvalue weighted by Gasteiger charge is 2.25. The summed E-state index contributed by atoms with van der Waals surface area (Å²) in [5.41, 5.74) is 1.31. The number of piperazine rings is 2. The number of ether oxygens (including phenoxy) is 1. The van der Waals surface area contributed by atoms with Gasteiger partial charge in [0.15, 0.2) is 0 Å². The molecule has 0 spiro atoms. The molecule has 2 aliphatic heterocycles. The Morgan fingerprint density at radius 2 is 1.71 bits per heavy atom. The Bertz CT molecular complexity index is 1060. The Morgan fingerprint density at radius 1 is 0.947 bits per heavy atom. The minimum absolute atomic E-state index is 0.0181. The molecule has 38 heavy (non-hydrogen) atoms. The molecule has 3 aliphatic rings. The molecular formula is C29H40N6O3. The average molecular weight is 521 g/mol. The zero-order valence-electron chi connectivity index (χ0n) is 22.2. The molecule has 1 saturated carbocycles. The number of carbonyl (C=O) groups excluding carboxylic acids is 2. The standard InChI is InChI=1S/C29H40N6O3/c36-28(24-7-4-8-26(21-24)38-20-11-23-5-2-1-3-6-23)34-16-18-35(19-17-34)29(37)32-25-9-10-27(31-22-25)33-14-12-30-13-15-33/h4,7-10,21-23,30H,1-3,5-6,11-20H2,(H,32,37). The molecule has 3 amide bonds. The van der Waals surface area contributed by atoms with Gasteiger partial charge in [0.25, 0.3) is 5.91 Å². The number of hydrogen-bond donors (Lipinski definition) is 2. The van der Waals surface area contributed by atoms with Crippen LogP contribution in [0.25, 0.3) is 0 Å². The first-order valence-corrected chi connectivity index (χ1v) is 14.2. The van der Waals surface area contributed by atoms with Crippen molar-refractivity contribution in [1.29, 1.82) is 0 Å². The molecule has 1 aliphatic carbocycles. The van der Waals surface area contributed by atoms with E-state index in [4.69, 9.17) is 4.74 Å². The topological polar surface area (TPSA) is 90.0 Å². The van der Waals surface area contributed by atoms with Crippen molar-refractivity contribution in [3.8, 4) is 5.75 Å². The fraction of sp³-hybridized carbons (Fsp3) is 0.552. The summed E-state index contributed by atoms with van der Waals surface area (Å²) in [6.07, 6.45) is 9.45. The lowest BCUT2D eigenvalue weighted by Crippen LogP contribution is -2.51. The van der Waals surface area contributed by atoms with E-state index in [-0.39, 0.29) is 11.9 Å². The largest absolute Gasteiger partial charge is 0.494 e. The van der Waals surface area contributed by atoms with Crippen LogP contribution in [-0.2, 0) is 0 Å². The number of nitrogens with zero attached hydrogens (tertiary/aromatic N) is 4. The summed E-state index contributed by atoms with van der Waals surface area (Å²) in [5.74, 6) is 2.43. The molecule has 0 atom stereocenters. The number of anilines is 2. The highest BCUT2D eigenvalue weighted by Crippen LogP contribution is 2.26. The molecule has 2 saturated heterocycles. The maximum Gasteiger partial charge on any atom is 0.322 e. The molecule has 3 heterocycles.